The van der Waals surface area contributed by atoms with Crippen LogP contribution in [-0.2, 0) is 72.0 Å². The minimum atomic E-state index is -1.64. The molecule has 3 aromatic rings. The third kappa shape index (κ3) is 23.4. The van der Waals surface area contributed by atoms with Crippen LogP contribution in [0.1, 0.15) is 137 Å². The fourth-order valence-electron chi connectivity index (χ4n) is 13.2. The molecule has 7 N–H and O–H groups in total. The van der Waals surface area contributed by atoms with Gasteiger partial charge in [0.05, 0.1) is 31.2 Å². The molecule has 2 fully saturated rings. The quantitative estimate of drug-likeness (QED) is 0.108. The fourth-order valence-corrected chi connectivity index (χ4v) is 13.2. The summed E-state index contributed by atoms with van der Waals surface area (Å²) in [6.07, 6.45) is -0.388. The Morgan fingerprint density at radius 2 is 1.03 bits per heavy atom. The van der Waals surface area contributed by atoms with Gasteiger partial charge >= 0.3 is 0 Å². The first-order chi connectivity index (χ1) is 47.1. The van der Waals surface area contributed by atoms with Crippen LogP contribution in [0.2, 0.25) is 0 Å². The lowest BCUT2D eigenvalue weighted by molar-refractivity contribution is -0.151. The first-order valence-corrected chi connectivity index (χ1v) is 35.5. The monoisotopic (exact) mass is 1390 g/mol. The maximum atomic E-state index is 15.6. The predicted molar refractivity (Wildman–Crippen MR) is 382 cm³/mol. The first-order valence-electron chi connectivity index (χ1n) is 35.5. The van der Waals surface area contributed by atoms with Crippen molar-refractivity contribution in [3.05, 3.63) is 108 Å². The van der Waals surface area contributed by atoms with Gasteiger partial charge < -0.3 is 65.8 Å². The summed E-state index contributed by atoms with van der Waals surface area (Å²) in [4.78, 5) is 173. The van der Waals surface area contributed by atoms with Gasteiger partial charge in [-0.3, -0.25) is 58.1 Å². The molecule has 0 radical (unpaired) electrons. The molecule has 25 nitrogen and oxygen atoms in total. The number of hydrogen-bond acceptors (Lipinski definition) is 14. The second-order valence-electron chi connectivity index (χ2n) is 28.9. The number of nitrogens with one attached hydrogen (secondary N) is 5. The number of likely N-dealkylation sites (tertiary alicyclic amines) is 1. The van der Waals surface area contributed by atoms with Crippen molar-refractivity contribution in [2.75, 3.05) is 61.9 Å². The normalized spacial score (nSPS) is 25.7. The number of hydrogen-bond donors (Lipinski definition) is 7. The third-order valence-corrected chi connectivity index (χ3v) is 19.1. The maximum absolute atomic E-state index is 15.6. The van der Waals surface area contributed by atoms with Crippen LogP contribution in [0.4, 0.5) is 0 Å². The zero-order valence-corrected chi connectivity index (χ0v) is 61.8. The topological polar surface area (TPSA) is 311 Å². The van der Waals surface area contributed by atoms with E-state index in [1.807, 2.05) is 58.0 Å². The van der Waals surface area contributed by atoms with Crippen molar-refractivity contribution in [2.24, 2.45) is 23.7 Å². The van der Waals surface area contributed by atoms with E-state index in [-0.39, 0.29) is 43.9 Å². The van der Waals surface area contributed by atoms with Crippen LogP contribution in [0, 0.1) is 23.7 Å². The molecule has 25 heteroatoms. The molecule has 0 saturated carbocycles. The number of piperidine rings is 1. The van der Waals surface area contributed by atoms with E-state index in [0.29, 0.717) is 49.9 Å². The summed E-state index contributed by atoms with van der Waals surface area (Å²) in [5.74, 6) is -9.34. The van der Waals surface area contributed by atoms with Gasteiger partial charge in [-0.1, -0.05) is 146 Å². The third-order valence-electron chi connectivity index (χ3n) is 19.1. The van der Waals surface area contributed by atoms with Gasteiger partial charge in [0.15, 0.2) is 0 Å². The highest BCUT2D eigenvalue weighted by Crippen LogP contribution is 2.24. The smallest absolute Gasteiger partial charge is 0.248 e. The lowest BCUT2D eigenvalue weighted by Gasteiger charge is -2.39. The van der Waals surface area contributed by atoms with Crippen LogP contribution in [0.15, 0.2) is 91.0 Å². The van der Waals surface area contributed by atoms with E-state index in [0.717, 1.165) is 16.9 Å². The molecule has 0 aromatic heterocycles. The zero-order valence-electron chi connectivity index (χ0n) is 61.8. The maximum Gasteiger partial charge on any atom is 0.248 e. The van der Waals surface area contributed by atoms with Crippen LogP contribution in [0.3, 0.4) is 0 Å². The number of likely N-dealkylation sites (N-methyl/N-ethyl adjacent to an activating group) is 6. The zero-order chi connectivity index (χ0) is 74.4. The second kappa shape index (κ2) is 39.1. The van der Waals surface area contributed by atoms with E-state index in [2.05, 4.69) is 26.6 Å². The molecule has 1 unspecified atom stereocenters. The van der Waals surface area contributed by atoms with Crippen molar-refractivity contribution in [1.82, 2.24) is 60.9 Å². The van der Waals surface area contributed by atoms with E-state index in [4.69, 9.17) is 0 Å². The molecule has 5 rings (SSSR count). The molecule has 2 heterocycles. The van der Waals surface area contributed by atoms with Crippen molar-refractivity contribution in [3.63, 3.8) is 0 Å². The Balaban J connectivity index is 1.66. The molecule has 0 bridgehead atoms. The fraction of sp³-hybridized carbons (Fsp3) is 0.613. The molecular weight excluding hydrogens is 1280 g/mol. The van der Waals surface area contributed by atoms with Gasteiger partial charge in [-0.2, -0.15) is 0 Å². The number of rotatable bonds is 16. The summed E-state index contributed by atoms with van der Waals surface area (Å²) in [6.45, 7) is 17.1. The van der Waals surface area contributed by atoms with Gasteiger partial charge in [-0.25, -0.2) is 0 Å². The van der Waals surface area contributed by atoms with Crippen molar-refractivity contribution in [3.8, 4) is 0 Å². The molecule has 2 aliphatic heterocycles. The summed E-state index contributed by atoms with van der Waals surface area (Å²) < 4.78 is 0. The Morgan fingerprint density at radius 3 is 1.55 bits per heavy atom. The number of carbonyl (C=O) groups excluding carboxylic acids is 11. The van der Waals surface area contributed by atoms with Gasteiger partial charge in [0.25, 0.3) is 0 Å². The standard InChI is InChI=1S/C75H114N12O13/c1-46(2)40-57-66(91)77-55(37-29-36-52-30-21-17-22-31-52)71(96)85(15)60(43-54-34-25-19-26-35-54)73(98)86(16)65(49(7)8)69(94)78-56(72(97)87-38-27-20-28-39-87)44-61(89)76-50(9)70(95)83(13)59(42-53-32-23-18-24-33-53)68(93)79-63(48(5)6)75(100)84(14)58(41-47(3)4)67(92)80-64(51(10)88)74(99)81(11)45-62(90)82(57)12/h17-19,21-26,30-35,46-51,55-60,63-65,68,79,88,93H,20,27-29,36-45H2,1-16H3,(H,76,89)(H,77,91)(H,78,94)(H,80,92)/t50-,51-,55+,56+,57+,58+,59+,60+,63+,64+,65+,68?/m1/s1. The van der Waals surface area contributed by atoms with E-state index in [1.54, 1.807) is 93.3 Å². The minimum Gasteiger partial charge on any atom is -0.391 e. The molecular formula is C75H114N12O13. The summed E-state index contributed by atoms with van der Waals surface area (Å²) >= 11 is 0. The molecule has 2 aliphatic rings. The molecule has 3 aromatic carbocycles. The van der Waals surface area contributed by atoms with Gasteiger partial charge in [0.1, 0.15) is 54.6 Å². The lowest BCUT2D eigenvalue weighted by atomic mass is 9.96. The van der Waals surface area contributed by atoms with Gasteiger partial charge in [-0.05, 0) is 112 Å². The summed E-state index contributed by atoms with van der Waals surface area (Å²) in [7, 11) is 8.47. The van der Waals surface area contributed by atoms with Crippen molar-refractivity contribution in [2.45, 2.75) is 213 Å². The van der Waals surface area contributed by atoms with Gasteiger partial charge in [-0.15, -0.1) is 0 Å². The Bertz CT molecular complexity index is 3200. The van der Waals surface area contributed by atoms with E-state index in [1.165, 1.54) is 80.6 Å². The Labute approximate surface area is 592 Å². The number of benzene rings is 3. The molecule has 12 atom stereocenters. The predicted octanol–water partition coefficient (Wildman–Crippen LogP) is 3.53. The summed E-state index contributed by atoms with van der Waals surface area (Å²) in [6, 6.07) is 14.4. The first kappa shape index (κ1) is 82.4. The number of aliphatic hydroxyl groups is 2. The molecule has 2 saturated heterocycles. The van der Waals surface area contributed by atoms with Crippen LogP contribution >= 0.6 is 0 Å². The van der Waals surface area contributed by atoms with Crippen LogP contribution < -0.4 is 26.6 Å². The minimum absolute atomic E-state index is 0.0407. The SMILES string of the molecule is CC(C)C[C@H]1C(=O)N[C@@H](CCCc2ccccc2)C(=O)N(C)[C@@H](Cc2ccccc2)C(=O)N(C)[C@@H](C(C)C)C(=O)N[C@H](C(=O)N2CCCCC2)CC(=O)N[C@H](C)C(=O)N(C)[C@@H](Cc2ccccc2)C(O)N[C@@H](C(C)C)C(=O)N(C)[C@@H](CC(C)C)C(=O)N[C@@H]([C@@H](C)O)C(=O)N(C)CC(=O)N1C. The number of carbonyl (C=O) groups is 11. The second-order valence-corrected chi connectivity index (χ2v) is 28.9. The number of aliphatic hydroxyl groups excluding tert-OH is 2. The summed E-state index contributed by atoms with van der Waals surface area (Å²) in [5.41, 5.74) is 2.34. The van der Waals surface area contributed by atoms with Gasteiger partial charge in [0.2, 0.25) is 65.0 Å². The van der Waals surface area contributed by atoms with E-state index >= 15 is 19.2 Å². The van der Waals surface area contributed by atoms with Crippen LogP contribution in [0.5, 0.6) is 0 Å². The summed E-state index contributed by atoms with van der Waals surface area (Å²) in [5, 5.41) is 37.8. The van der Waals surface area contributed by atoms with Crippen molar-refractivity contribution >= 4 is 65.0 Å². The number of nitrogens with zero attached hydrogens (tertiary/aromatic N) is 7. The Hall–Kier alpha value is -8.29. The highest BCUT2D eigenvalue weighted by Gasteiger charge is 2.44. The average Bonchev–Trinajstić information content (AvgIpc) is 0.812. The van der Waals surface area contributed by atoms with Gasteiger partial charge in [0, 0.05) is 61.8 Å². The van der Waals surface area contributed by atoms with Crippen LogP contribution in [0.25, 0.3) is 0 Å². The molecule has 552 valence electrons. The number of amides is 11. The molecule has 100 heavy (non-hydrogen) atoms. The van der Waals surface area contributed by atoms with E-state index < -0.39 is 163 Å². The highest BCUT2D eigenvalue weighted by molar-refractivity contribution is 5.99. The average molecular weight is 1390 g/mol. The molecule has 0 spiro atoms. The molecule has 0 aliphatic carbocycles. The van der Waals surface area contributed by atoms with Crippen molar-refractivity contribution in [1.29, 1.82) is 0 Å². The lowest BCUT2D eigenvalue weighted by Crippen LogP contribution is -2.63. The van der Waals surface area contributed by atoms with E-state index in [9.17, 15) is 43.8 Å². The molecule has 11 amide bonds. The number of aryl methyl sites for hydroxylation is 1. The van der Waals surface area contributed by atoms with Crippen LogP contribution in [-0.4, -0.2) is 244 Å². The Kier molecular flexibility index (Phi) is 32.2. The Morgan fingerprint density at radius 1 is 0.520 bits per heavy atom. The van der Waals surface area contributed by atoms with Crippen molar-refractivity contribution < 1.29 is 63.0 Å². The highest BCUT2D eigenvalue weighted by atomic mass is 16.3. The largest absolute Gasteiger partial charge is 0.391 e.